The van der Waals surface area contributed by atoms with E-state index in [1.807, 2.05) is 48.5 Å². The van der Waals surface area contributed by atoms with Crippen LogP contribution in [0.3, 0.4) is 0 Å². The maximum atomic E-state index is 6.01. The van der Waals surface area contributed by atoms with Gasteiger partial charge in [0.15, 0.2) is 0 Å². The second-order valence-corrected chi connectivity index (χ2v) is 7.79. The Hall–Kier alpha value is -2.75. The third kappa shape index (κ3) is 5.65. The van der Waals surface area contributed by atoms with E-state index >= 15 is 0 Å². The summed E-state index contributed by atoms with van der Waals surface area (Å²) in [5, 5.41) is 8.10. The summed E-state index contributed by atoms with van der Waals surface area (Å²) in [4.78, 5) is 15.6. The number of hydrogen-bond acceptors (Lipinski definition) is 8. The topological polar surface area (TPSA) is 87.6 Å². The molecule has 0 bridgehead atoms. The lowest BCUT2D eigenvalue weighted by Gasteiger charge is -2.27. The lowest BCUT2D eigenvalue weighted by atomic mass is 10.2. The first kappa shape index (κ1) is 20.5. The van der Waals surface area contributed by atoms with Crippen molar-refractivity contribution in [2.75, 3.05) is 41.9 Å². The number of morpholine rings is 1. The normalized spacial score (nSPS) is 14.1. The zero-order valence-corrected chi connectivity index (χ0v) is 18.3. The van der Waals surface area contributed by atoms with E-state index in [1.165, 1.54) is 0 Å². The quantitative estimate of drug-likeness (QED) is 0.395. The van der Waals surface area contributed by atoms with E-state index in [0.29, 0.717) is 49.2 Å². The number of nitrogens with one attached hydrogen (secondary N) is 2. The van der Waals surface area contributed by atoms with Gasteiger partial charge in [0.2, 0.25) is 17.8 Å². The largest absolute Gasteiger partial charge is 0.378 e. The lowest BCUT2D eigenvalue weighted by molar-refractivity contribution is 0.122. The molecule has 0 spiro atoms. The van der Waals surface area contributed by atoms with E-state index in [-0.39, 0.29) is 0 Å². The number of anilines is 4. The highest BCUT2D eigenvalue weighted by molar-refractivity contribution is 9.10. The van der Waals surface area contributed by atoms with Crippen molar-refractivity contribution in [1.29, 1.82) is 0 Å². The van der Waals surface area contributed by atoms with Crippen LogP contribution in [-0.4, -0.2) is 47.5 Å². The van der Waals surface area contributed by atoms with Crippen LogP contribution in [0.1, 0.15) is 5.56 Å². The Labute approximate surface area is 187 Å². The van der Waals surface area contributed by atoms with E-state index in [9.17, 15) is 0 Å². The molecule has 154 valence electrons. The summed E-state index contributed by atoms with van der Waals surface area (Å²) in [7, 11) is 0. The molecule has 0 amide bonds. The molecule has 0 aliphatic carbocycles. The molecule has 0 radical (unpaired) electrons. The fraction of sp³-hybridized carbons (Fsp3) is 0.200. The zero-order valence-electron chi connectivity index (χ0n) is 15.9. The highest BCUT2D eigenvalue weighted by Gasteiger charge is 2.16. The Morgan fingerprint density at radius 1 is 1.03 bits per heavy atom. The fourth-order valence-corrected chi connectivity index (χ4v) is 3.42. The van der Waals surface area contributed by atoms with E-state index in [2.05, 4.69) is 51.6 Å². The molecule has 0 saturated carbocycles. The molecule has 1 aromatic heterocycles. The number of hydrogen-bond donors (Lipinski definition) is 2. The maximum absolute atomic E-state index is 6.01. The summed E-state index contributed by atoms with van der Waals surface area (Å²) in [6.07, 6.45) is 1.66. The van der Waals surface area contributed by atoms with E-state index in [4.69, 9.17) is 16.3 Å². The van der Waals surface area contributed by atoms with Gasteiger partial charge in [0.1, 0.15) is 0 Å². The molecule has 1 aliphatic heterocycles. The number of nitrogens with zero attached hydrogens (tertiary/aromatic N) is 5. The van der Waals surface area contributed by atoms with Gasteiger partial charge in [0.25, 0.3) is 0 Å². The van der Waals surface area contributed by atoms with E-state index < -0.39 is 0 Å². The van der Waals surface area contributed by atoms with Crippen LogP contribution < -0.4 is 15.6 Å². The molecule has 4 rings (SSSR count). The van der Waals surface area contributed by atoms with Gasteiger partial charge in [-0.05, 0) is 35.9 Å². The molecule has 2 N–H and O–H groups in total. The van der Waals surface area contributed by atoms with Crippen LogP contribution in [0.15, 0.2) is 58.1 Å². The molecule has 1 saturated heterocycles. The minimum Gasteiger partial charge on any atom is -0.378 e. The smallest absolute Gasteiger partial charge is 0.250 e. The third-order valence-electron chi connectivity index (χ3n) is 4.23. The summed E-state index contributed by atoms with van der Waals surface area (Å²) < 4.78 is 6.39. The minimum absolute atomic E-state index is 0.335. The van der Waals surface area contributed by atoms with Gasteiger partial charge in [-0.2, -0.15) is 20.1 Å². The molecular weight excluding hydrogens is 470 g/mol. The number of hydrazone groups is 1. The lowest BCUT2D eigenvalue weighted by Crippen LogP contribution is -2.37. The first-order chi connectivity index (χ1) is 14.7. The minimum atomic E-state index is 0.335. The van der Waals surface area contributed by atoms with Gasteiger partial charge >= 0.3 is 0 Å². The van der Waals surface area contributed by atoms with Gasteiger partial charge in [-0.1, -0.05) is 45.7 Å². The molecule has 1 aliphatic rings. The van der Waals surface area contributed by atoms with Crippen molar-refractivity contribution in [2.45, 2.75) is 0 Å². The van der Waals surface area contributed by atoms with Crippen molar-refractivity contribution in [3.8, 4) is 0 Å². The van der Waals surface area contributed by atoms with Gasteiger partial charge < -0.3 is 15.0 Å². The molecule has 30 heavy (non-hydrogen) atoms. The average Bonchev–Trinajstić information content (AvgIpc) is 2.74. The second-order valence-electron chi connectivity index (χ2n) is 6.44. The molecular formula is C20H19BrClN7O. The summed E-state index contributed by atoms with van der Waals surface area (Å²) in [6, 6.07) is 15.2. The summed E-state index contributed by atoms with van der Waals surface area (Å²) in [5.74, 6) is 1.32. The molecule has 1 fully saturated rings. The number of halogens is 2. The Morgan fingerprint density at radius 2 is 1.83 bits per heavy atom. The summed E-state index contributed by atoms with van der Waals surface area (Å²) in [6.45, 7) is 2.70. The Balaban J connectivity index is 1.57. The Kier molecular flexibility index (Phi) is 6.73. The van der Waals surface area contributed by atoms with Crippen LogP contribution in [0.5, 0.6) is 0 Å². The molecule has 3 aromatic rings. The van der Waals surface area contributed by atoms with Crippen LogP contribution in [0.2, 0.25) is 5.02 Å². The summed E-state index contributed by atoms with van der Waals surface area (Å²) >= 11 is 9.49. The van der Waals surface area contributed by atoms with Crippen molar-refractivity contribution in [2.24, 2.45) is 5.10 Å². The van der Waals surface area contributed by atoms with Crippen molar-refractivity contribution in [1.82, 2.24) is 15.0 Å². The number of rotatable bonds is 6. The van der Waals surface area contributed by atoms with Crippen molar-refractivity contribution in [3.05, 3.63) is 63.6 Å². The van der Waals surface area contributed by atoms with Gasteiger partial charge in [-0.25, -0.2) is 5.43 Å². The van der Waals surface area contributed by atoms with Crippen LogP contribution >= 0.6 is 27.5 Å². The Bertz CT molecular complexity index is 1040. The first-order valence-electron chi connectivity index (χ1n) is 9.32. The van der Waals surface area contributed by atoms with Crippen molar-refractivity contribution in [3.63, 3.8) is 0 Å². The third-order valence-corrected chi connectivity index (χ3v) is 4.95. The molecule has 0 unspecified atom stereocenters. The van der Waals surface area contributed by atoms with Crippen LogP contribution in [-0.2, 0) is 4.74 Å². The zero-order chi connectivity index (χ0) is 20.8. The first-order valence-corrected chi connectivity index (χ1v) is 10.5. The van der Waals surface area contributed by atoms with Crippen LogP contribution in [0, 0.1) is 0 Å². The monoisotopic (exact) mass is 487 g/mol. The standard InChI is InChI=1S/C20H19BrClN7O/c21-15-4-2-6-17(12-15)24-18-25-19(27-20(26-18)29-7-9-30-10-8-29)28-23-13-14-3-1-5-16(22)11-14/h1-6,11-13H,7-10H2,(H2,24,25,26,27,28). The van der Waals surface area contributed by atoms with Crippen LogP contribution in [0.4, 0.5) is 23.5 Å². The maximum Gasteiger partial charge on any atom is 0.250 e. The summed E-state index contributed by atoms with van der Waals surface area (Å²) in [5.41, 5.74) is 4.61. The van der Waals surface area contributed by atoms with E-state index in [1.54, 1.807) is 6.21 Å². The van der Waals surface area contributed by atoms with Gasteiger partial charge in [-0.3, -0.25) is 0 Å². The van der Waals surface area contributed by atoms with E-state index in [0.717, 1.165) is 15.7 Å². The number of ether oxygens (including phenoxy) is 1. The van der Waals surface area contributed by atoms with Gasteiger partial charge in [-0.15, -0.1) is 0 Å². The molecule has 10 heteroatoms. The Morgan fingerprint density at radius 3 is 2.63 bits per heavy atom. The SMILES string of the molecule is Clc1cccc(C=NNc2nc(Nc3cccc(Br)c3)nc(N3CCOCC3)n2)c1. The highest BCUT2D eigenvalue weighted by Crippen LogP contribution is 2.21. The van der Waals surface area contributed by atoms with Gasteiger partial charge in [0, 0.05) is 28.3 Å². The molecule has 2 heterocycles. The highest BCUT2D eigenvalue weighted by atomic mass is 79.9. The van der Waals surface area contributed by atoms with Crippen LogP contribution in [0.25, 0.3) is 0 Å². The second kappa shape index (κ2) is 9.84. The van der Waals surface area contributed by atoms with Crippen molar-refractivity contribution >= 4 is 57.3 Å². The van der Waals surface area contributed by atoms with Gasteiger partial charge in [0.05, 0.1) is 19.4 Å². The molecule has 8 nitrogen and oxygen atoms in total. The number of benzene rings is 2. The molecule has 2 aromatic carbocycles. The average molecular weight is 489 g/mol. The number of aromatic nitrogens is 3. The van der Waals surface area contributed by atoms with Crippen molar-refractivity contribution < 1.29 is 4.74 Å². The fourth-order valence-electron chi connectivity index (χ4n) is 2.82. The predicted molar refractivity (Wildman–Crippen MR) is 123 cm³/mol. The predicted octanol–water partition coefficient (Wildman–Crippen LogP) is 4.31. The molecule has 0 atom stereocenters.